The lowest BCUT2D eigenvalue weighted by molar-refractivity contribution is 0.0749. The maximum absolute atomic E-state index is 9.91. The van der Waals surface area contributed by atoms with Crippen LogP contribution in [-0.2, 0) is 5.60 Å². The largest absolute Gasteiger partial charge is 0.508 e. The summed E-state index contributed by atoms with van der Waals surface area (Å²) in [5, 5.41) is 19.3. The summed E-state index contributed by atoms with van der Waals surface area (Å²) in [5.41, 5.74) is 0.551. The first kappa shape index (κ1) is 10.9. The number of aryl methyl sites for hydroxylation is 1. The zero-order valence-electron chi connectivity index (χ0n) is 8.96. The number of rotatable bonds is 2. The van der Waals surface area contributed by atoms with Crippen LogP contribution in [0.1, 0.15) is 25.0 Å². The van der Waals surface area contributed by atoms with Crippen LogP contribution in [-0.4, -0.2) is 17.3 Å². The number of aliphatic hydroxyl groups is 1. The summed E-state index contributed by atoms with van der Waals surface area (Å²) >= 11 is 0. The summed E-state index contributed by atoms with van der Waals surface area (Å²) in [6.07, 6.45) is 0. The van der Waals surface area contributed by atoms with Gasteiger partial charge in [-0.25, -0.2) is 0 Å². The molecule has 14 heavy (non-hydrogen) atoms. The van der Waals surface area contributed by atoms with Crippen LogP contribution in [0.2, 0.25) is 0 Å². The molecule has 3 heteroatoms. The van der Waals surface area contributed by atoms with Crippen molar-refractivity contribution in [1.29, 1.82) is 0 Å². The molecule has 0 aromatic heterocycles. The lowest BCUT2D eigenvalue weighted by Gasteiger charge is -2.23. The lowest BCUT2D eigenvalue weighted by Crippen LogP contribution is -2.18. The van der Waals surface area contributed by atoms with Crippen molar-refractivity contribution < 1.29 is 14.9 Å². The maximum atomic E-state index is 9.91. The van der Waals surface area contributed by atoms with Gasteiger partial charge in [-0.05, 0) is 32.4 Å². The molecule has 0 aliphatic rings. The molecule has 0 radical (unpaired) electrons. The smallest absolute Gasteiger partial charge is 0.128 e. The van der Waals surface area contributed by atoms with Crippen LogP contribution in [0, 0.1) is 6.92 Å². The van der Waals surface area contributed by atoms with E-state index in [4.69, 9.17) is 4.74 Å². The molecule has 3 nitrogen and oxygen atoms in total. The predicted molar refractivity (Wildman–Crippen MR) is 54.6 cm³/mol. The normalized spacial score (nSPS) is 11.5. The zero-order valence-corrected chi connectivity index (χ0v) is 8.96. The van der Waals surface area contributed by atoms with E-state index in [0.29, 0.717) is 11.3 Å². The molecule has 1 aromatic carbocycles. The van der Waals surface area contributed by atoms with Crippen LogP contribution in [0.4, 0.5) is 0 Å². The van der Waals surface area contributed by atoms with Crippen molar-refractivity contribution >= 4 is 0 Å². The van der Waals surface area contributed by atoms with E-state index in [2.05, 4.69) is 0 Å². The van der Waals surface area contributed by atoms with E-state index in [1.165, 1.54) is 13.2 Å². The molecule has 1 rings (SSSR count). The van der Waals surface area contributed by atoms with Crippen LogP contribution in [0.15, 0.2) is 12.1 Å². The van der Waals surface area contributed by atoms with Gasteiger partial charge in [0.2, 0.25) is 0 Å². The third-order valence-corrected chi connectivity index (χ3v) is 2.12. The maximum Gasteiger partial charge on any atom is 0.128 e. The van der Waals surface area contributed by atoms with Gasteiger partial charge in [0.1, 0.15) is 11.5 Å². The highest BCUT2D eigenvalue weighted by Crippen LogP contribution is 2.35. The van der Waals surface area contributed by atoms with Gasteiger partial charge in [-0.3, -0.25) is 0 Å². The third-order valence-electron chi connectivity index (χ3n) is 2.12. The van der Waals surface area contributed by atoms with Crippen LogP contribution in [0.25, 0.3) is 0 Å². The standard InChI is InChI=1S/C11H16O3/c1-7-5-8(12)6-9(14-4)10(7)11(2,3)13/h5-6,12-13H,1-4H3. The van der Waals surface area contributed by atoms with Crippen LogP contribution in [0.3, 0.4) is 0 Å². The van der Waals surface area contributed by atoms with Gasteiger partial charge in [-0.2, -0.15) is 0 Å². The number of hydrogen-bond donors (Lipinski definition) is 2. The van der Waals surface area contributed by atoms with Crippen molar-refractivity contribution in [2.75, 3.05) is 7.11 Å². The number of benzene rings is 1. The highest BCUT2D eigenvalue weighted by Gasteiger charge is 2.23. The fraction of sp³-hybridized carbons (Fsp3) is 0.455. The first-order valence-electron chi connectivity index (χ1n) is 4.46. The summed E-state index contributed by atoms with van der Waals surface area (Å²) < 4.78 is 5.11. The molecule has 0 heterocycles. The van der Waals surface area contributed by atoms with Gasteiger partial charge < -0.3 is 14.9 Å². The first-order chi connectivity index (χ1) is 6.36. The quantitative estimate of drug-likeness (QED) is 0.760. The van der Waals surface area contributed by atoms with Crippen LogP contribution in [0.5, 0.6) is 11.5 Å². The van der Waals surface area contributed by atoms with E-state index in [-0.39, 0.29) is 5.75 Å². The van der Waals surface area contributed by atoms with Crippen molar-refractivity contribution in [3.8, 4) is 11.5 Å². The highest BCUT2D eigenvalue weighted by molar-refractivity contribution is 5.48. The molecule has 0 aliphatic carbocycles. The monoisotopic (exact) mass is 196 g/mol. The van der Waals surface area contributed by atoms with Crippen molar-refractivity contribution in [1.82, 2.24) is 0 Å². The third kappa shape index (κ3) is 1.99. The molecule has 0 spiro atoms. The Bertz CT molecular complexity index is 337. The summed E-state index contributed by atoms with van der Waals surface area (Å²) in [7, 11) is 1.52. The second kappa shape index (κ2) is 3.50. The van der Waals surface area contributed by atoms with Gasteiger partial charge in [0.15, 0.2) is 0 Å². The molecule has 0 atom stereocenters. The molecule has 2 N–H and O–H groups in total. The number of aromatic hydroxyl groups is 1. The van der Waals surface area contributed by atoms with E-state index in [1.807, 2.05) is 6.92 Å². The molecular formula is C11H16O3. The lowest BCUT2D eigenvalue weighted by atomic mass is 9.92. The summed E-state index contributed by atoms with van der Waals surface area (Å²) in [4.78, 5) is 0. The number of ether oxygens (including phenoxy) is 1. The first-order valence-corrected chi connectivity index (χ1v) is 4.46. The van der Waals surface area contributed by atoms with Crippen molar-refractivity contribution in [3.63, 3.8) is 0 Å². The molecule has 0 amide bonds. The molecular weight excluding hydrogens is 180 g/mol. The molecule has 78 valence electrons. The number of phenols is 1. The topological polar surface area (TPSA) is 49.7 Å². The van der Waals surface area contributed by atoms with E-state index < -0.39 is 5.60 Å². The van der Waals surface area contributed by atoms with E-state index in [1.54, 1.807) is 19.9 Å². The second-order valence-corrected chi connectivity index (χ2v) is 3.90. The van der Waals surface area contributed by atoms with Gasteiger partial charge in [-0.15, -0.1) is 0 Å². The molecule has 0 unspecified atom stereocenters. The minimum atomic E-state index is -0.969. The summed E-state index contributed by atoms with van der Waals surface area (Å²) in [6.45, 7) is 5.21. The van der Waals surface area contributed by atoms with E-state index in [0.717, 1.165) is 5.56 Å². The summed E-state index contributed by atoms with van der Waals surface area (Å²) in [5.74, 6) is 0.655. The fourth-order valence-electron chi connectivity index (χ4n) is 1.68. The number of phenolic OH excluding ortho intramolecular Hbond substituents is 1. The average molecular weight is 196 g/mol. The van der Waals surface area contributed by atoms with Crippen molar-refractivity contribution in [2.24, 2.45) is 0 Å². The average Bonchev–Trinajstić information content (AvgIpc) is 1.99. The Kier molecular flexibility index (Phi) is 2.71. The highest BCUT2D eigenvalue weighted by atomic mass is 16.5. The van der Waals surface area contributed by atoms with Gasteiger partial charge in [-0.1, -0.05) is 0 Å². The molecule has 0 saturated carbocycles. The van der Waals surface area contributed by atoms with Crippen LogP contribution >= 0.6 is 0 Å². The van der Waals surface area contributed by atoms with E-state index in [9.17, 15) is 10.2 Å². The number of methoxy groups -OCH3 is 1. The summed E-state index contributed by atoms with van der Waals surface area (Å²) in [6, 6.07) is 3.11. The van der Waals surface area contributed by atoms with Crippen LogP contribution < -0.4 is 4.74 Å². The number of hydrogen-bond acceptors (Lipinski definition) is 3. The van der Waals surface area contributed by atoms with E-state index >= 15 is 0 Å². The molecule has 0 bridgehead atoms. The fourth-order valence-corrected chi connectivity index (χ4v) is 1.68. The van der Waals surface area contributed by atoms with Crippen molar-refractivity contribution in [2.45, 2.75) is 26.4 Å². The Balaban J connectivity index is 3.40. The SMILES string of the molecule is COc1cc(O)cc(C)c1C(C)(C)O. The van der Waals surface area contributed by atoms with Gasteiger partial charge in [0.25, 0.3) is 0 Å². The minimum Gasteiger partial charge on any atom is -0.508 e. The Labute approximate surface area is 84.0 Å². The molecule has 1 aromatic rings. The molecule has 0 aliphatic heterocycles. The minimum absolute atomic E-state index is 0.146. The molecule has 0 fully saturated rings. The van der Waals surface area contributed by atoms with Crippen molar-refractivity contribution in [3.05, 3.63) is 23.3 Å². The van der Waals surface area contributed by atoms with Gasteiger partial charge in [0, 0.05) is 11.6 Å². The second-order valence-electron chi connectivity index (χ2n) is 3.90. The Morgan fingerprint density at radius 2 is 1.86 bits per heavy atom. The van der Waals surface area contributed by atoms with Gasteiger partial charge in [0.05, 0.1) is 12.7 Å². The molecule has 0 saturated heterocycles. The van der Waals surface area contributed by atoms with Gasteiger partial charge >= 0.3 is 0 Å². The Morgan fingerprint density at radius 1 is 1.29 bits per heavy atom. The predicted octanol–water partition coefficient (Wildman–Crippen LogP) is 1.94. The zero-order chi connectivity index (χ0) is 10.9. The Morgan fingerprint density at radius 3 is 2.29 bits per heavy atom. The Hall–Kier alpha value is -1.22.